The van der Waals surface area contributed by atoms with Gasteiger partial charge in [0.25, 0.3) is 0 Å². The monoisotopic (exact) mass is 377 g/mol. The van der Waals surface area contributed by atoms with Crippen molar-refractivity contribution in [3.8, 4) is 0 Å². The first-order valence-electron chi connectivity index (χ1n) is 8.63. The molecule has 0 aliphatic rings. The van der Waals surface area contributed by atoms with Crippen molar-refractivity contribution < 1.29 is 4.79 Å². The number of amides is 1. The molecule has 0 saturated heterocycles. The van der Waals surface area contributed by atoms with Crippen molar-refractivity contribution in [1.29, 1.82) is 0 Å². The molecule has 1 aromatic heterocycles. The van der Waals surface area contributed by atoms with Gasteiger partial charge in [0.1, 0.15) is 0 Å². The molecule has 5 heteroatoms. The minimum Gasteiger partial charge on any atom is -0.273 e. The van der Waals surface area contributed by atoms with Gasteiger partial charge in [-0.05, 0) is 36.8 Å². The molecule has 0 bridgehead atoms. The van der Waals surface area contributed by atoms with Gasteiger partial charge < -0.3 is 0 Å². The van der Waals surface area contributed by atoms with Gasteiger partial charge in [0, 0.05) is 35.0 Å². The van der Waals surface area contributed by atoms with E-state index in [1.807, 2.05) is 73.7 Å². The van der Waals surface area contributed by atoms with E-state index in [0.29, 0.717) is 17.3 Å². The third-order valence-electron chi connectivity index (χ3n) is 4.14. The zero-order valence-electron chi connectivity index (χ0n) is 15.3. The van der Waals surface area contributed by atoms with Gasteiger partial charge in [0.15, 0.2) is 0 Å². The lowest BCUT2D eigenvalue weighted by molar-refractivity contribution is -0.129. The molecular formula is C22H20ClN3O. The molecule has 0 unspecified atom stereocenters. The Bertz CT molecular complexity index is 953. The zero-order chi connectivity index (χ0) is 19.2. The van der Waals surface area contributed by atoms with Crippen LogP contribution in [-0.4, -0.2) is 21.6 Å². The second-order valence-electron chi connectivity index (χ2n) is 6.15. The third-order valence-corrected chi connectivity index (χ3v) is 4.39. The molecule has 2 aromatic carbocycles. The van der Waals surface area contributed by atoms with Crippen LogP contribution in [0.5, 0.6) is 0 Å². The maximum absolute atomic E-state index is 12.3. The number of halogens is 1. The fraction of sp³-hybridized carbons (Fsp3) is 0.136. The molecule has 3 aromatic rings. The minimum absolute atomic E-state index is 0.139. The van der Waals surface area contributed by atoms with Crippen LogP contribution in [0.3, 0.4) is 0 Å². The van der Waals surface area contributed by atoms with E-state index in [-0.39, 0.29) is 5.91 Å². The predicted molar refractivity (Wildman–Crippen MR) is 109 cm³/mol. The fourth-order valence-corrected chi connectivity index (χ4v) is 2.82. The lowest BCUT2D eigenvalue weighted by Gasteiger charge is -2.19. The van der Waals surface area contributed by atoms with Crippen molar-refractivity contribution in [2.75, 3.05) is 0 Å². The molecule has 0 radical (unpaired) electrons. The van der Waals surface area contributed by atoms with E-state index in [1.165, 1.54) is 11.9 Å². The zero-order valence-corrected chi connectivity index (χ0v) is 16.0. The number of nitrogens with zero attached hydrogens (tertiary/aromatic N) is 3. The number of hydrogen-bond donors (Lipinski definition) is 0. The molecule has 1 amide bonds. The summed E-state index contributed by atoms with van der Waals surface area (Å²) in [6, 6.07) is 21.1. The van der Waals surface area contributed by atoms with Gasteiger partial charge in [-0.3, -0.25) is 9.78 Å². The molecule has 136 valence electrons. The number of rotatable bonds is 5. The maximum Gasteiger partial charge on any atom is 0.239 e. The molecule has 1 heterocycles. The standard InChI is InChI=1S/C22H20ClN3O/c1-16-21(9-6-14-24-16)22(19-7-4-3-5-8-19)25-26(17(2)27)15-18-10-12-20(23)13-11-18/h3-14H,15H2,1-2H3/b25-22+. The van der Waals surface area contributed by atoms with Crippen molar-refractivity contribution in [2.45, 2.75) is 20.4 Å². The van der Waals surface area contributed by atoms with Gasteiger partial charge in [-0.1, -0.05) is 54.1 Å². The lowest BCUT2D eigenvalue weighted by Crippen LogP contribution is -2.25. The van der Waals surface area contributed by atoms with E-state index in [9.17, 15) is 4.79 Å². The summed E-state index contributed by atoms with van der Waals surface area (Å²) in [4.78, 5) is 16.6. The van der Waals surface area contributed by atoms with Crippen LogP contribution in [0.15, 0.2) is 78.0 Å². The average Bonchev–Trinajstić information content (AvgIpc) is 2.68. The highest BCUT2D eigenvalue weighted by Gasteiger charge is 2.15. The number of hydrazone groups is 1. The molecule has 0 aliphatic carbocycles. The van der Waals surface area contributed by atoms with Crippen molar-refractivity contribution in [1.82, 2.24) is 9.99 Å². The summed E-state index contributed by atoms with van der Waals surface area (Å²) < 4.78 is 0. The molecule has 4 nitrogen and oxygen atoms in total. The SMILES string of the molecule is CC(=O)N(Cc1ccc(Cl)cc1)/N=C(\c1ccccc1)c1cccnc1C. The van der Waals surface area contributed by atoms with Crippen LogP contribution in [0, 0.1) is 6.92 Å². The Labute approximate surface area is 164 Å². The number of benzene rings is 2. The number of carbonyl (C=O) groups excluding carboxylic acids is 1. The number of aromatic nitrogens is 1. The average molecular weight is 378 g/mol. The van der Waals surface area contributed by atoms with Crippen molar-refractivity contribution in [2.24, 2.45) is 5.10 Å². The number of pyridine rings is 1. The highest BCUT2D eigenvalue weighted by atomic mass is 35.5. The quantitative estimate of drug-likeness (QED) is 0.471. The summed E-state index contributed by atoms with van der Waals surface area (Å²) in [7, 11) is 0. The topological polar surface area (TPSA) is 45.6 Å². The highest BCUT2D eigenvalue weighted by Crippen LogP contribution is 2.17. The van der Waals surface area contributed by atoms with E-state index in [2.05, 4.69) is 4.98 Å². The Morgan fingerprint density at radius 3 is 2.37 bits per heavy atom. The Morgan fingerprint density at radius 2 is 1.74 bits per heavy atom. The first kappa shape index (κ1) is 18.8. The van der Waals surface area contributed by atoms with Gasteiger partial charge in [-0.25, -0.2) is 5.01 Å². The molecule has 0 atom stereocenters. The van der Waals surface area contributed by atoms with E-state index in [4.69, 9.17) is 16.7 Å². The van der Waals surface area contributed by atoms with Crippen molar-refractivity contribution in [3.05, 3.63) is 100 Å². The smallest absolute Gasteiger partial charge is 0.239 e. The van der Waals surface area contributed by atoms with Crippen LogP contribution in [0.2, 0.25) is 5.02 Å². The summed E-state index contributed by atoms with van der Waals surface area (Å²) in [6.07, 6.45) is 1.75. The third kappa shape index (κ3) is 4.80. The van der Waals surface area contributed by atoms with Crippen LogP contribution in [-0.2, 0) is 11.3 Å². The Kier molecular flexibility index (Phi) is 5.99. The Hall–Kier alpha value is -2.98. The number of hydrogen-bond acceptors (Lipinski definition) is 3. The Balaban J connectivity index is 2.05. The van der Waals surface area contributed by atoms with Gasteiger partial charge >= 0.3 is 0 Å². The maximum atomic E-state index is 12.3. The molecule has 0 aliphatic heterocycles. The summed E-state index contributed by atoms with van der Waals surface area (Å²) in [5.74, 6) is -0.139. The largest absolute Gasteiger partial charge is 0.273 e. The fourth-order valence-electron chi connectivity index (χ4n) is 2.70. The molecular weight excluding hydrogens is 358 g/mol. The van der Waals surface area contributed by atoms with Crippen LogP contribution in [0.4, 0.5) is 0 Å². The van der Waals surface area contributed by atoms with Gasteiger partial charge in [0.2, 0.25) is 5.91 Å². The van der Waals surface area contributed by atoms with Crippen LogP contribution in [0.1, 0.15) is 29.3 Å². The van der Waals surface area contributed by atoms with Crippen LogP contribution in [0.25, 0.3) is 0 Å². The van der Waals surface area contributed by atoms with E-state index in [0.717, 1.165) is 22.4 Å². The molecule has 0 saturated carbocycles. The summed E-state index contributed by atoms with van der Waals surface area (Å²) >= 11 is 5.96. The first-order chi connectivity index (χ1) is 13.0. The Morgan fingerprint density at radius 1 is 1.04 bits per heavy atom. The summed E-state index contributed by atoms with van der Waals surface area (Å²) in [6.45, 7) is 3.81. The van der Waals surface area contributed by atoms with Gasteiger partial charge in [0.05, 0.1) is 12.3 Å². The van der Waals surface area contributed by atoms with Crippen LogP contribution >= 0.6 is 11.6 Å². The molecule has 0 N–H and O–H groups in total. The minimum atomic E-state index is -0.139. The second-order valence-corrected chi connectivity index (χ2v) is 6.59. The molecule has 3 rings (SSSR count). The van der Waals surface area contributed by atoms with E-state index in [1.54, 1.807) is 6.20 Å². The normalized spacial score (nSPS) is 11.3. The van der Waals surface area contributed by atoms with Crippen LogP contribution < -0.4 is 0 Å². The number of carbonyl (C=O) groups is 1. The van der Waals surface area contributed by atoms with Crippen molar-refractivity contribution in [3.63, 3.8) is 0 Å². The van der Waals surface area contributed by atoms with E-state index >= 15 is 0 Å². The van der Waals surface area contributed by atoms with Gasteiger partial charge in [-0.15, -0.1) is 0 Å². The summed E-state index contributed by atoms with van der Waals surface area (Å²) in [5.41, 5.74) is 4.34. The molecule has 0 fully saturated rings. The second kappa shape index (κ2) is 8.60. The van der Waals surface area contributed by atoms with Gasteiger partial charge in [-0.2, -0.15) is 5.10 Å². The molecule has 27 heavy (non-hydrogen) atoms. The summed E-state index contributed by atoms with van der Waals surface area (Å²) in [5, 5.41) is 6.85. The lowest BCUT2D eigenvalue weighted by atomic mass is 10.0. The highest BCUT2D eigenvalue weighted by molar-refractivity contribution is 6.30. The molecule has 0 spiro atoms. The first-order valence-corrected chi connectivity index (χ1v) is 9.01. The predicted octanol–water partition coefficient (Wildman–Crippen LogP) is 4.84. The number of aryl methyl sites for hydroxylation is 1. The van der Waals surface area contributed by atoms with Crippen molar-refractivity contribution >= 4 is 23.2 Å². The van der Waals surface area contributed by atoms with E-state index < -0.39 is 0 Å².